The fourth-order valence-corrected chi connectivity index (χ4v) is 7.95. The number of phenols is 1. The van der Waals surface area contributed by atoms with E-state index in [0.29, 0.717) is 0 Å². The summed E-state index contributed by atoms with van der Waals surface area (Å²) in [6, 6.07) is 60.4. The van der Waals surface area contributed by atoms with E-state index in [1.54, 1.807) is 6.07 Å². The van der Waals surface area contributed by atoms with Gasteiger partial charge in [-0.2, -0.15) is 0 Å². The molecule has 3 aromatic heterocycles. The zero-order valence-corrected chi connectivity index (χ0v) is 29.4. The molecule has 0 saturated heterocycles. The van der Waals surface area contributed by atoms with Crippen molar-refractivity contribution in [2.24, 2.45) is 0 Å². The number of aromatic hydroxyl groups is 1. The van der Waals surface area contributed by atoms with Crippen LogP contribution < -0.4 is 0 Å². The van der Waals surface area contributed by atoms with Gasteiger partial charge in [0.1, 0.15) is 11.4 Å². The molecule has 0 spiro atoms. The van der Waals surface area contributed by atoms with E-state index in [-0.39, 0.29) is 5.75 Å². The first kappa shape index (κ1) is 31.6. The molecule has 0 unspecified atom stereocenters. The summed E-state index contributed by atoms with van der Waals surface area (Å²) in [7, 11) is 0. The number of hydrogen-bond acceptors (Lipinski definition) is 4. The topological polar surface area (TPSA) is 63.8 Å². The van der Waals surface area contributed by atoms with Gasteiger partial charge in [0.15, 0.2) is 5.82 Å². The van der Waals surface area contributed by atoms with Crippen LogP contribution in [0, 0.1) is 0 Å². The van der Waals surface area contributed by atoms with Crippen LogP contribution in [0.2, 0.25) is 0 Å². The number of nitrogens with zero attached hydrogens (tertiary/aromatic N) is 4. The molecule has 10 rings (SSSR count). The fourth-order valence-electron chi connectivity index (χ4n) is 7.95. The van der Waals surface area contributed by atoms with Gasteiger partial charge in [0.25, 0.3) is 0 Å². The third-order valence-electron chi connectivity index (χ3n) is 10.5. The van der Waals surface area contributed by atoms with Gasteiger partial charge in [-0.05, 0) is 88.7 Å². The quantitative estimate of drug-likeness (QED) is 0.188. The van der Waals surface area contributed by atoms with Crippen molar-refractivity contribution in [3.05, 3.63) is 187 Å². The molecule has 3 heterocycles. The van der Waals surface area contributed by atoms with Crippen LogP contribution in [0.1, 0.15) is 11.1 Å². The molecule has 1 aliphatic carbocycles. The van der Waals surface area contributed by atoms with Crippen molar-refractivity contribution in [1.29, 1.82) is 0 Å². The van der Waals surface area contributed by atoms with Gasteiger partial charge in [-0.1, -0.05) is 133 Å². The Morgan fingerprint density at radius 3 is 1.78 bits per heavy atom. The molecule has 256 valence electrons. The highest BCUT2D eigenvalue weighted by Crippen LogP contribution is 2.42. The van der Waals surface area contributed by atoms with Crippen LogP contribution in [0.3, 0.4) is 0 Å². The Morgan fingerprint density at radius 1 is 0.426 bits per heavy atom. The minimum atomic E-state index is 0.257. The molecule has 0 fully saturated rings. The van der Waals surface area contributed by atoms with E-state index in [1.165, 1.54) is 0 Å². The zero-order chi connectivity index (χ0) is 36.0. The Labute approximate surface area is 313 Å². The minimum Gasteiger partial charge on any atom is -0.507 e. The number of fused-ring (bicyclic) bond motifs is 4. The van der Waals surface area contributed by atoms with Gasteiger partial charge < -0.3 is 5.11 Å². The molecule has 54 heavy (non-hydrogen) atoms. The average molecular weight is 695 g/mol. The molecule has 6 aromatic carbocycles. The number of para-hydroxylation sites is 2. The van der Waals surface area contributed by atoms with Gasteiger partial charge >= 0.3 is 0 Å². The van der Waals surface area contributed by atoms with E-state index in [9.17, 15) is 5.11 Å². The molecular weight excluding hydrogens is 661 g/mol. The summed E-state index contributed by atoms with van der Waals surface area (Å²) in [5.74, 6) is 0.984. The summed E-state index contributed by atoms with van der Waals surface area (Å²) < 4.78 is 2.18. The summed E-state index contributed by atoms with van der Waals surface area (Å²) in [5.41, 5.74) is 15.7. The maximum Gasteiger partial charge on any atom is 0.164 e. The van der Waals surface area contributed by atoms with Crippen molar-refractivity contribution in [2.45, 2.75) is 12.8 Å². The molecule has 0 aliphatic heterocycles. The molecule has 0 radical (unpaired) electrons. The van der Waals surface area contributed by atoms with Crippen LogP contribution in [0.5, 0.6) is 5.75 Å². The van der Waals surface area contributed by atoms with Crippen molar-refractivity contribution in [3.8, 4) is 79.0 Å². The standard InChI is InChI=1S/C49H34N4O/c54-44-27-10-18-34-28-29-35-30-31-42(51-47(35)45(34)44)49-52-48-39(23-12-26-43(48)53(49)36-19-8-3-9-20-36)40-24-13-25-41(50-40)46-37(32-14-4-1-5-15-32)21-11-22-38(46)33-16-6-2-7-17-33/h1-27,30-31,54H,28-29H2. The highest BCUT2D eigenvalue weighted by atomic mass is 16.3. The fraction of sp³-hybridized carbons (Fsp3) is 0.0408. The Kier molecular flexibility index (Phi) is 7.69. The van der Waals surface area contributed by atoms with E-state index in [2.05, 4.69) is 150 Å². The van der Waals surface area contributed by atoms with Crippen LogP contribution in [0.25, 0.3) is 84.3 Å². The van der Waals surface area contributed by atoms with Crippen molar-refractivity contribution >= 4 is 11.0 Å². The van der Waals surface area contributed by atoms with Gasteiger partial charge in [-0.15, -0.1) is 0 Å². The number of benzene rings is 6. The monoisotopic (exact) mass is 694 g/mol. The molecule has 9 aromatic rings. The van der Waals surface area contributed by atoms with Crippen molar-refractivity contribution in [2.75, 3.05) is 0 Å². The van der Waals surface area contributed by atoms with E-state index in [0.717, 1.165) is 108 Å². The molecule has 1 N–H and O–H groups in total. The van der Waals surface area contributed by atoms with Crippen molar-refractivity contribution < 1.29 is 5.11 Å². The average Bonchev–Trinajstić information content (AvgIpc) is 3.64. The molecule has 0 bridgehead atoms. The number of pyridine rings is 2. The SMILES string of the molecule is Oc1cccc2c1-c1nc(-c3nc4c(-c5cccc(-c6c(-c7ccccc7)cccc6-c6ccccc6)n5)cccc4n3-c3ccccc3)ccc1CC2. The van der Waals surface area contributed by atoms with Crippen molar-refractivity contribution in [1.82, 2.24) is 19.5 Å². The van der Waals surface area contributed by atoms with E-state index in [4.69, 9.17) is 15.0 Å². The lowest BCUT2D eigenvalue weighted by Gasteiger charge is -2.20. The van der Waals surface area contributed by atoms with Gasteiger partial charge in [-0.25, -0.2) is 15.0 Å². The van der Waals surface area contributed by atoms with E-state index >= 15 is 0 Å². The summed E-state index contributed by atoms with van der Waals surface area (Å²) in [5, 5.41) is 11.0. The number of hydrogen-bond donors (Lipinski definition) is 1. The van der Waals surface area contributed by atoms with Crippen LogP contribution in [-0.2, 0) is 12.8 Å². The lowest BCUT2D eigenvalue weighted by Crippen LogP contribution is -2.07. The maximum absolute atomic E-state index is 11.0. The van der Waals surface area contributed by atoms with Crippen LogP contribution in [-0.4, -0.2) is 24.6 Å². The summed E-state index contributed by atoms with van der Waals surface area (Å²) in [4.78, 5) is 16.1. The summed E-state index contributed by atoms with van der Waals surface area (Å²) >= 11 is 0. The van der Waals surface area contributed by atoms with E-state index < -0.39 is 0 Å². The Morgan fingerprint density at radius 2 is 1.04 bits per heavy atom. The highest BCUT2D eigenvalue weighted by Gasteiger charge is 2.24. The molecule has 0 amide bonds. The summed E-state index contributed by atoms with van der Waals surface area (Å²) in [6.45, 7) is 0. The lowest BCUT2D eigenvalue weighted by molar-refractivity contribution is 0.476. The zero-order valence-electron chi connectivity index (χ0n) is 29.4. The molecule has 5 nitrogen and oxygen atoms in total. The normalized spacial score (nSPS) is 12.0. The van der Waals surface area contributed by atoms with Crippen LogP contribution >= 0.6 is 0 Å². The predicted molar refractivity (Wildman–Crippen MR) is 218 cm³/mol. The second-order valence-corrected chi connectivity index (χ2v) is 13.7. The first-order valence-corrected chi connectivity index (χ1v) is 18.3. The van der Waals surface area contributed by atoms with Gasteiger partial charge in [-0.3, -0.25) is 4.57 Å². The number of aromatic nitrogens is 4. The second-order valence-electron chi connectivity index (χ2n) is 13.7. The van der Waals surface area contributed by atoms with Crippen LogP contribution in [0.15, 0.2) is 176 Å². The number of imidazole rings is 1. The molecule has 0 saturated carbocycles. The largest absolute Gasteiger partial charge is 0.507 e. The first-order chi connectivity index (χ1) is 26.7. The smallest absolute Gasteiger partial charge is 0.164 e. The van der Waals surface area contributed by atoms with Crippen molar-refractivity contribution in [3.63, 3.8) is 0 Å². The summed E-state index contributed by atoms with van der Waals surface area (Å²) in [6.07, 6.45) is 1.75. The molecule has 5 heteroatoms. The highest BCUT2D eigenvalue weighted by molar-refractivity contribution is 5.97. The van der Waals surface area contributed by atoms with Gasteiger partial charge in [0.05, 0.1) is 28.1 Å². The third kappa shape index (κ3) is 5.37. The van der Waals surface area contributed by atoms with Gasteiger partial charge in [0, 0.05) is 22.4 Å². The van der Waals surface area contributed by atoms with Gasteiger partial charge in [0.2, 0.25) is 0 Å². The Bertz CT molecular complexity index is 2770. The minimum absolute atomic E-state index is 0.257. The molecule has 1 aliphatic rings. The van der Waals surface area contributed by atoms with Crippen LogP contribution in [0.4, 0.5) is 0 Å². The Balaban J connectivity index is 1.18. The Hall–Kier alpha value is -7.11. The third-order valence-corrected chi connectivity index (χ3v) is 10.5. The maximum atomic E-state index is 11.0. The lowest BCUT2D eigenvalue weighted by atomic mass is 9.88. The predicted octanol–water partition coefficient (Wildman–Crippen LogP) is 11.6. The molecular formula is C49H34N4O. The number of rotatable bonds is 6. The molecule has 0 atom stereocenters. The first-order valence-electron chi connectivity index (χ1n) is 18.3. The second kappa shape index (κ2) is 13.1. The van der Waals surface area contributed by atoms with E-state index in [1.807, 2.05) is 24.3 Å². The number of aryl methyl sites for hydroxylation is 2. The number of phenolic OH excluding ortho intramolecular Hbond substituents is 1.